The van der Waals surface area contributed by atoms with E-state index in [1.165, 1.54) is 16.5 Å². The van der Waals surface area contributed by atoms with Gasteiger partial charge < -0.3 is 9.72 Å². The van der Waals surface area contributed by atoms with E-state index in [1.54, 1.807) is 7.11 Å². The van der Waals surface area contributed by atoms with Crippen molar-refractivity contribution in [3.63, 3.8) is 0 Å². The highest BCUT2D eigenvalue weighted by Gasteiger charge is 2.06. The van der Waals surface area contributed by atoms with E-state index < -0.39 is 0 Å². The molecule has 0 fully saturated rings. The summed E-state index contributed by atoms with van der Waals surface area (Å²) in [4.78, 5) is 3.53. The van der Waals surface area contributed by atoms with Crippen LogP contribution < -0.4 is 4.74 Å². The molecule has 0 aliphatic heterocycles. The van der Waals surface area contributed by atoms with Gasteiger partial charge in [-0.25, -0.2) is 0 Å². The minimum atomic E-state index is 0.866. The molecule has 4 rings (SSSR count). The molecule has 27 heavy (non-hydrogen) atoms. The SMILES string of the molecule is COc1ccc(/C=C/c2c(/C=C/c3ccccc3)[nH]c3ccccc23)cc1. The smallest absolute Gasteiger partial charge is 0.118 e. The summed E-state index contributed by atoms with van der Waals surface area (Å²) in [5.41, 5.74) is 5.75. The lowest BCUT2D eigenvalue weighted by Crippen LogP contribution is -1.81. The van der Waals surface area contributed by atoms with Crippen molar-refractivity contribution in [3.8, 4) is 5.75 Å². The fourth-order valence-corrected chi connectivity index (χ4v) is 3.13. The summed E-state index contributed by atoms with van der Waals surface area (Å²) in [5, 5.41) is 1.22. The third-order valence-electron chi connectivity index (χ3n) is 4.58. The van der Waals surface area contributed by atoms with Crippen LogP contribution >= 0.6 is 0 Å². The number of hydrogen-bond acceptors (Lipinski definition) is 1. The molecule has 0 spiro atoms. The summed E-state index contributed by atoms with van der Waals surface area (Å²) in [6.07, 6.45) is 8.58. The average molecular weight is 351 g/mol. The van der Waals surface area contributed by atoms with Crippen LogP contribution in [0.5, 0.6) is 5.75 Å². The van der Waals surface area contributed by atoms with E-state index in [4.69, 9.17) is 4.74 Å². The fourth-order valence-electron chi connectivity index (χ4n) is 3.13. The zero-order valence-electron chi connectivity index (χ0n) is 15.2. The number of H-pyrrole nitrogens is 1. The largest absolute Gasteiger partial charge is 0.497 e. The Bertz CT molecular complexity index is 1090. The molecule has 3 aromatic carbocycles. The molecular weight excluding hydrogens is 330 g/mol. The van der Waals surface area contributed by atoms with Gasteiger partial charge in [-0.05, 0) is 35.4 Å². The van der Waals surface area contributed by atoms with Crippen LogP contribution in [0.25, 0.3) is 35.2 Å². The summed E-state index contributed by atoms with van der Waals surface area (Å²) in [6, 6.07) is 26.8. The van der Waals surface area contributed by atoms with Crippen LogP contribution in [0.1, 0.15) is 22.4 Å². The van der Waals surface area contributed by atoms with Gasteiger partial charge in [0.1, 0.15) is 5.75 Å². The van der Waals surface area contributed by atoms with Gasteiger partial charge in [0, 0.05) is 22.2 Å². The van der Waals surface area contributed by atoms with E-state index in [1.807, 2.05) is 18.2 Å². The Hall–Kier alpha value is -3.52. The quantitative estimate of drug-likeness (QED) is 0.435. The molecule has 2 heteroatoms. The van der Waals surface area contributed by atoms with Gasteiger partial charge in [-0.2, -0.15) is 0 Å². The number of aromatic amines is 1. The van der Waals surface area contributed by atoms with Gasteiger partial charge in [-0.15, -0.1) is 0 Å². The first-order chi connectivity index (χ1) is 13.3. The van der Waals surface area contributed by atoms with Crippen molar-refractivity contribution < 1.29 is 4.74 Å². The number of rotatable bonds is 5. The second-order valence-electron chi connectivity index (χ2n) is 6.35. The first-order valence-electron chi connectivity index (χ1n) is 8.99. The van der Waals surface area contributed by atoms with Gasteiger partial charge in [0.25, 0.3) is 0 Å². The number of nitrogens with one attached hydrogen (secondary N) is 1. The number of fused-ring (bicyclic) bond motifs is 1. The van der Waals surface area contributed by atoms with Crippen LogP contribution in [0.3, 0.4) is 0 Å². The fraction of sp³-hybridized carbons (Fsp3) is 0.0400. The van der Waals surface area contributed by atoms with Crippen LogP contribution in [0, 0.1) is 0 Å². The molecule has 0 saturated carbocycles. The predicted octanol–water partition coefficient (Wildman–Crippen LogP) is 6.52. The first kappa shape index (κ1) is 16.9. The van der Waals surface area contributed by atoms with Gasteiger partial charge in [0.05, 0.1) is 7.11 Å². The maximum Gasteiger partial charge on any atom is 0.118 e. The average Bonchev–Trinajstić information content (AvgIpc) is 3.09. The van der Waals surface area contributed by atoms with E-state index in [-0.39, 0.29) is 0 Å². The summed E-state index contributed by atoms with van der Waals surface area (Å²) in [5.74, 6) is 0.866. The molecule has 0 atom stereocenters. The van der Waals surface area contributed by atoms with Gasteiger partial charge in [-0.1, -0.05) is 78.9 Å². The zero-order chi connectivity index (χ0) is 18.5. The number of para-hydroxylation sites is 1. The highest BCUT2D eigenvalue weighted by Crippen LogP contribution is 2.26. The Labute approximate surface area is 159 Å². The van der Waals surface area contributed by atoms with Gasteiger partial charge in [0.2, 0.25) is 0 Å². The highest BCUT2D eigenvalue weighted by atomic mass is 16.5. The van der Waals surface area contributed by atoms with Crippen molar-refractivity contribution in [2.75, 3.05) is 7.11 Å². The summed E-state index contributed by atoms with van der Waals surface area (Å²) in [6.45, 7) is 0. The minimum absolute atomic E-state index is 0.866. The van der Waals surface area contributed by atoms with Crippen LogP contribution in [0.4, 0.5) is 0 Å². The molecule has 1 aromatic heterocycles. The van der Waals surface area contributed by atoms with Crippen molar-refractivity contribution in [3.05, 3.63) is 101 Å². The lowest BCUT2D eigenvalue weighted by atomic mass is 10.1. The number of methoxy groups -OCH3 is 1. The molecule has 0 bridgehead atoms. The van der Waals surface area contributed by atoms with Crippen LogP contribution in [-0.2, 0) is 0 Å². The van der Waals surface area contributed by atoms with Crippen molar-refractivity contribution in [1.82, 2.24) is 4.98 Å². The number of ether oxygens (including phenoxy) is 1. The molecule has 132 valence electrons. The Kier molecular flexibility index (Phi) is 4.88. The third-order valence-corrected chi connectivity index (χ3v) is 4.58. The normalized spacial score (nSPS) is 11.6. The van der Waals surface area contributed by atoms with Crippen molar-refractivity contribution in [2.45, 2.75) is 0 Å². The third kappa shape index (κ3) is 3.85. The number of aromatic nitrogens is 1. The summed E-state index contributed by atoms with van der Waals surface area (Å²) >= 11 is 0. The molecule has 0 aliphatic rings. The molecule has 1 N–H and O–H groups in total. The maximum absolute atomic E-state index is 5.23. The van der Waals surface area contributed by atoms with Crippen molar-refractivity contribution in [1.29, 1.82) is 0 Å². The molecule has 0 radical (unpaired) electrons. The van der Waals surface area contributed by atoms with E-state index in [2.05, 4.69) is 90.0 Å². The maximum atomic E-state index is 5.23. The highest BCUT2D eigenvalue weighted by molar-refractivity contribution is 5.96. The van der Waals surface area contributed by atoms with E-state index in [9.17, 15) is 0 Å². The Morgan fingerprint density at radius 2 is 1.33 bits per heavy atom. The second-order valence-corrected chi connectivity index (χ2v) is 6.35. The lowest BCUT2D eigenvalue weighted by molar-refractivity contribution is 0.415. The molecule has 4 aromatic rings. The van der Waals surface area contributed by atoms with Crippen molar-refractivity contribution >= 4 is 35.2 Å². The van der Waals surface area contributed by atoms with E-state index in [0.29, 0.717) is 0 Å². The molecule has 0 unspecified atom stereocenters. The summed E-state index contributed by atoms with van der Waals surface area (Å²) < 4.78 is 5.23. The second kappa shape index (κ2) is 7.79. The molecule has 0 amide bonds. The van der Waals surface area contributed by atoms with Gasteiger partial charge in [0.15, 0.2) is 0 Å². The number of hydrogen-bond donors (Lipinski definition) is 1. The Morgan fingerprint density at radius 3 is 2.11 bits per heavy atom. The Morgan fingerprint density at radius 1 is 0.667 bits per heavy atom. The molecule has 0 aliphatic carbocycles. The van der Waals surface area contributed by atoms with Gasteiger partial charge in [-0.3, -0.25) is 0 Å². The standard InChI is InChI=1S/C25H21NO/c1-27-21-15-11-20(12-16-21)13-17-23-22-9-5-6-10-24(22)26-25(23)18-14-19-7-3-2-4-8-19/h2-18,26H,1H3/b17-13+,18-14+. The van der Waals surface area contributed by atoms with Crippen LogP contribution in [0.2, 0.25) is 0 Å². The van der Waals surface area contributed by atoms with Gasteiger partial charge >= 0.3 is 0 Å². The van der Waals surface area contributed by atoms with E-state index in [0.717, 1.165) is 22.5 Å². The first-order valence-corrected chi connectivity index (χ1v) is 8.99. The van der Waals surface area contributed by atoms with Crippen molar-refractivity contribution in [2.24, 2.45) is 0 Å². The molecular formula is C25H21NO. The van der Waals surface area contributed by atoms with Crippen LogP contribution in [-0.4, -0.2) is 12.1 Å². The van der Waals surface area contributed by atoms with E-state index >= 15 is 0 Å². The molecule has 0 saturated heterocycles. The topological polar surface area (TPSA) is 25.0 Å². The number of benzene rings is 3. The zero-order valence-corrected chi connectivity index (χ0v) is 15.2. The monoisotopic (exact) mass is 351 g/mol. The Balaban J connectivity index is 1.71. The lowest BCUT2D eigenvalue weighted by Gasteiger charge is -2.00. The summed E-state index contributed by atoms with van der Waals surface area (Å²) in [7, 11) is 1.68. The predicted molar refractivity (Wildman–Crippen MR) is 116 cm³/mol. The molecule has 1 heterocycles. The van der Waals surface area contributed by atoms with Crippen LogP contribution in [0.15, 0.2) is 78.9 Å². The minimum Gasteiger partial charge on any atom is -0.497 e. The molecule has 2 nitrogen and oxygen atoms in total.